The number of ether oxygens (including phenoxy) is 1. The van der Waals surface area contributed by atoms with E-state index >= 15 is 0 Å². The Balaban J connectivity index is 0.00000256. The van der Waals surface area contributed by atoms with Crippen molar-refractivity contribution < 1.29 is 9.53 Å². The van der Waals surface area contributed by atoms with Gasteiger partial charge in [-0.2, -0.15) is 5.10 Å². The molecule has 164 valence electrons. The zero-order valence-corrected chi connectivity index (χ0v) is 18.6. The first-order valence-corrected chi connectivity index (χ1v) is 10.6. The van der Waals surface area contributed by atoms with Crippen LogP contribution in [-0.2, 0) is 0 Å². The van der Waals surface area contributed by atoms with Crippen LogP contribution < -0.4 is 10.1 Å². The Hall–Kier alpha value is -2.09. The molecule has 2 aliphatic rings. The molecule has 2 fully saturated rings. The Kier molecular flexibility index (Phi) is 7.75. The van der Waals surface area contributed by atoms with Gasteiger partial charge in [0.15, 0.2) is 0 Å². The molecule has 1 aromatic carbocycles. The van der Waals surface area contributed by atoms with Crippen LogP contribution in [0.4, 0.5) is 0 Å². The number of rotatable bonds is 5. The lowest BCUT2D eigenvalue weighted by Crippen LogP contribution is -2.49. The standard InChI is InChI=1S/C22H31N5O2.ClH/c1-17(18-5-3-7-20(15-18)29-2)25-11-13-26(14-12-25)22(28)21-8-10-27(24-21)19-6-4-9-23-16-19;/h3,5,7-8,10,15,17,19,23H,4,6,9,11-14,16H2,1-2H3;1H. The number of aromatic nitrogens is 2. The maximum absolute atomic E-state index is 12.9. The van der Waals surface area contributed by atoms with Gasteiger partial charge in [-0.3, -0.25) is 14.4 Å². The Morgan fingerprint density at radius 3 is 2.73 bits per heavy atom. The highest BCUT2D eigenvalue weighted by Crippen LogP contribution is 2.25. The third-order valence-electron chi connectivity index (χ3n) is 6.20. The van der Waals surface area contributed by atoms with Gasteiger partial charge in [0.25, 0.3) is 5.91 Å². The average molecular weight is 434 g/mol. The van der Waals surface area contributed by atoms with Crippen molar-refractivity contribution in [1.82, 2.24) is 24.9 Å². The van der Waals surface area contributed by atoms with E-state index in [1.807, 2.05) is 34.0 Å². The number of nitrogens with zero attached hydrogens (tertiary/aromatic N) is 4. The number of carbonyl (C=O) groups excluding carboxylic acids is 1. The van der Waals surface area contributed by atoms with Gasteiger partial charge >= 0.3 is 0 Å². The minimum atomic E-state index is 0. The monoisotopic (exact) mass is 433 g/mol. The van der Waals surface area contributed by atoms with Gasteiger partial charge in [0, 0.05) is 45.0 Å². The summed E-state index contributed by atoms with van der Waals surface area (Å²) in [7, 11) is 1.69. The molecule has 3 heterocycles. The molecule has 0 radical (unpaired) electrons. The molecule has 4 rings (SSSR count). The number of halogens is 1. The second-order valence-corrected chi connectivity index (χ2v) is 7.96. The smallest absolute Gasteiger partial charge is 0.274 e. The zero-order chi connectivity index (χ0) is 20.2. The van der Waals surface area contributed by atoms with Gasteiger partial charge in [-0.15, -0.1) is 12.4 Å². The van der Waals surface area contributed by atoms with Gasteiger partial charge < -0.3 is 15.0 Å². The third kappa shape index (κ3) is 4.96. The van der Waals surface area contributed by atoms with Crippen LogP contribution >= 0.6 is 12.4 Å². The fourth-order valence-corrected chi connectivity index (χ4v) is 4.30. The first-order chi connectivity index (χ1) is 14.2. The maximum Gasteiger partial charge on any atom is 0.274 e. The summed E-state index contributed by atoms with van der Waals surface area (Å²) in [5, 5.41) is 7.99. The van der Waals surface area contributed by atoms with Gasteiger partial charge in [0.05, 0.1) is 13.2 Å². The van der Waals surface area contributed by atoms with Crippen LogP contribution in [0.2, 0.25) is 0 Å². The van der Waals surface area contributed by atoms with Crippen LogP contribution in [0.5, 0.6) is 5.75 Å². The first kappa shape index (κ1) is 22.6. The van der Waals surface area contributed by atoms with E-state index in [1.54, 1.807) is 7.11 Å². The zero-order valence-electron chi connectivity index (χ0n) is 17.8. The molecule has 7 nitrogen and oxygen atoms in total. The molecule has 2 aromatic rings. The van der Waals surface area contributed by atoms with Crippen LogP contribution in [0.15, 0.2) is 36.5 Å². The summed E-state index contributed by atoms with van der Waals surface area (Å²) in [6.07, 6.45) is 4.22. The predicted octanol–water partition coefficient (Wildman–Crippen LogP) is 2.76. The Labute approximate surface area is 184 Å². The van der Waals surface area contributed by atoms with Crippen molar-refractivity contribution in [2.24, 2.45) is 0 Å². The second kappa shape index (κ2) is 10.3. The summed E-state index contributed by atoms with van der Waals surface area (Å²) in [6, 6.07) is 10.7. The predicted molar refractivity (Wildman–Crippen MR) is 120 cm³/mol. The van der Waals surface area contributed by atoms with Gasteiger partial charge in [-0.1, -0.05) is 12.1 Å². The number of amides is 1. The van der Waals surface area contributed by atoms with Gasteiger partial charge in [0.1, 0.15) is 11.4 Å². The van der Waals surface area contributed by atoms with Gasteiger partial charge in [-0.25, -0.2) is 0 Å². The highest BCUT2D eigenvalue weighted by atomic mass is 35.5. The normalized spacial score (nSPS) is 21.0. The van der Waals surface area contributed by atoms with Crippen LogP contribution in [0.1, 0.15) is 47.9 Å². The average Bonchev–Trinajstić information content (AvgIpc) is 3.29. The minimum absolute atomic E-state index is 0. The van der Waals surface area contributed by atoms with Crippen molar-refractivity contribution in [3.63, 3.8) is 0 Å². The Morgan fingerprint density at radius 2 is 2.03 bits per heavy atom. The van der Waals surface area contributed by atoms with Crippen LogP contribution in [0.3, 0.4) is 0 Å². The molecule has 2 saturated heterocycles. The number of hydrogen-bond acceptors (Lipinski definition) is 5. The van der Waals surface area contributed by atoms with Crippen molar-refractivity contribution >= 4 is 18.3 Å². The molecular weight excluding hydrogens is 402 g/mol. The molecule has 2 aliphatic heterocycles. The maximum atomic E-state index is 12.9. The Morgan fingerprint density at radius 1 is 1.23 bits per heavy atom. The topological polar surface area (TPSA) is 62.6 Å². The third-order valence-corrected chi connectivity index (χ3v) is 6.20. The number of nitrogens with one attached hydrogen (secondary N) is 1. The number of carbonyl (C=O) groups is 1. The summed E-state index contributed by atoms with van der Waals surface area (Å²) < 4.78 is 7.31. The molecule has 2 atom stereocenters. The van der Waals surface area contributed by atoms with Gasteiger partial charge in [-0.05, 0) is 50.1 Å². The number of piperidine rings is 1. The van der Waals surface area contributed by atoms with Crippen LogP contribution in [0.25, 0.3) is 0 Å². The summed E-state index contributed by atoms with van der Waals surface area (Å²) in [5.74, 6) is 0.924. The number of hydrogen-bond donors (Lipinski definition) is 1. The lowest BCUT2D eigenvalue weighted by molar-refractivity contribution is 0.0575. The van der Waals surface area contributed by atoms with E-state index in [9.17, 15) is 4.79 Å². The van der Waals surface area contributed by atoms with E-state index < -0.39 is 0 Å². The largest absolute Gasteiger partial charge is 0.497 e. The SMILES string of the molecule is COc1cccc(C(C)N2CCN(C(=O)c3ccn(C4CCCNC4)n3)CC2)c1.Cl. The molecule has 0 bridgehead atoms. The molecule has 0 aliphatic carbocycles. The summed E-state index contributed by atoms with van der Waals surface area (Å²) in [6.45, 7) is 7.38. The summed E-state index contributed by atoms with van der Waals surface area (Å²) in [4.78, 5) is 17.3. The molecule has 0 saturated carbocycles. The van der Waals surface area contributed by atoms with E-state index in [1.165, 1.54) is 5.56 Å². The van der Waals surface area contributed by atoms with E-state index in [0.717, 1.165) is 57.9 Å². The second-order valence-electron chi connectivity index (χ2n) is 7.96. The molecule has 2 unspecified atom stereocenters. The van der Waals surface area contributed by atoms with Crippen molar-refractivity contribution in [2.45, 2.75) is 31.8 Å². The minimum Gasteiger partial charge on any atom is -0.497 e. The fourth-order valence-electron chi connectivity index (χ4n) is 4.30. The quantitative estimate of drug-likeness (QED) is 0.785. The molecule has 30 heavy (non-hydrogen) atoms. The highest BCUT2D eigenvalue weighted by molar-refractivity contribution is 5.92. The number of methoxy groups -OCH3 is 1. The summed E-state index contributed by atoms with van der Waals surface area (Å²) in [5.41, 5.74) is 1.80. The van der Waals surface area contributed by atoms with E-state index in [4.69, 9.17) is 4.74 Å². The van der Waals surface area contributed by atoms with Crippen LogP contribution in [-0.4, -0.2) is 71.9 Å². The lowest BCUT2D eigenvalue weighted by Gasteiger charge is -2.38. The Bertz CT molecular complexity index is 828. The van der Waals surface area contributed by atoms with Crippen molar-refractivity contribution in [3.8, 4) is 5.75 Å². The highest BCUT2D eigenvalue weighted by Gasteiger charge is 2.27. The number of piperazine rings is 1. The van der Waals surface area contributed by atoms with Crippen molar-refractivity contribution in [1.29, 1.82) is 0 Å². The number of benzene rings is 1. The van der Waals surface area contributed by atoms with Crippen molar-refractivity contribution in [2.75, 3.05) is 46.4 Å². The molecule has 1 amide bonds. The van der Waals surface area contributed by atoms with Crippen LogP contribution in [0, 0.1) is 0 Å². The molecule has 8 heteroatoms. The van der Waals surface area contributed by atoms with Crippen molar-refractivity contribution in [3.05, 3.63) is 47.8 Å². The lowest BCUT2D eigenvalue weighted by atomic mass is 10.1. The van der Waals surface area contributed by atoms with E-state index in [-0.39, 0.29) is 18.3 Å². The summed E-state index contributed by atoms with van der Waals surface area (Å²) >= 11 is 0. The van der Waals surface area contributed by atoms with E-state index in [2.05, 4.69) is 34.4 Å². The molecule has 0 spiro atoms. The van der Waals surface area contributed by atoms with Gasteiger partial charge in [0.2, 0.25) is 0 Å². The molecule has 1 N–H and O–H groups in total. The first-order valence-electron chi connectivity index (χ1n) is 10.6. The molecule has 1 aromatic heterocycles. The fraction of sp³-hybridized carbons (Fsp3) is 0.545. The molecular formula is C22H32ClN5O2. The van der Waals surface area contributed by atoms with E-state index in [0.29, 0.717) is 17.8 Å².